The molecule has 0 spiro atoms. The van der Waals surface area contributed by atoms with Crippen molar-refractivity contribution in [3.05, 3.63) is 35.4 Å². The first-order chi connectivity index (χ1) is 7.07. The molecule has 1 amide bonds. The highest BCUT2D eigenvalue weighted by Gasteiger charge is 2.24. The van der Waals surface area contributed by atoms with Crippen LogP contribution in [0.3, 0.4) is 0 Å². The summed E-state index contributed by atoms with van der Waals surface area (Å²) in [5.74, 6) is 1.36. The molecule has 1 rings (SSSR count). The summed E-state index contributed by atoms with van der Waals surface area (Å²) in [4.78, 5) is 10.7. The van der Waals surface area contributed by atoms with Crippen LogP contribution in [0.25, 0.3) is 0 Å². The molecule has 0 aromatic heterocycles. The van der Waals surface area contributed by atoms with Gasteiger partial charge in [0.05, 0.1) is 0 Å². The molecule has 4 nitrogen and oxygen atoms in total. The van der Waals surface area contributed by atoms with Crippen molar-refractivity contribution in [1.29, 1.82) is 0 Å². The molecular formula is C11H11NO3. The van der Waals surface area contributed by atoms with E-state index in [0.29, 0.717) is 11.1 Å². The minimum absolute atomic E-state index is 0.311. The van der Waals surface area contributed by atoms with Crippen LogP contribution < -0.4 is 5.73 Å². The Morgan fingerprint density at radius 2 is 2.00 bits per heavy atom. The van der Waals surface area contributed by atoms with Gasteiger partial charge in [-0.15, -0.1) is 6.42 Å². The molecule has 0 aliphatic heterocycles. The second-order valence-electron chi connectivity index (χ2n) is 3.02. The standard InChI is InChI=1S/C11H11NO3/c1-2-7-5-3-4-6-8(7)9(13)10(14)11(12)15/h1,3-6,9-10,13-14H,(H2,12,15). The number of carbonyl (C=O) groups excluding carboxylic acids is 1. The van der Waals surface area contributed by atoms with Crippen LogP contribution in [0.2, 0.25) is 0 Å². The smallest absolute Gasteiger partial charge is 0.249 e. The molecule has 15 heavy (non-hydrogen) atoms. The zero-order valence-electron chi connectivity index (χ0n) is 7.92. The summed E-state index contributed by atoms with van der Waals surface area (Å²) in [5.41, 5.74) is 5.60. The Labute approximate surface area is 87.3 Å². The monoisotopic (exact) mass is 205 g/mol. The number of primary amides is 1. The predicted octanol–water partition coefficient (Wildman–Crippen LogP) is -0.452. The van der Waals surface area contributed by atoms with Gasteiger partial charge in [-0.05, 0) is 11.6 Å². The van der Waals surface area contributed by atoms with Crippen LogP contribution in [0.1, 0.15) is 17.2 Å². The van der Waals surface area contributed by atoms with E-state index < -0.39 is 18.1 Å². The summed E-state index contributed by atoms with van der Waals surface area (Å²) in [5, 5.41) is 18.9. The van der Waals surface area contributed by atoms with Crippen molar-refractivity contribution < 1.29 is 15.0 Å². The van der Waals surface area contributed by atoms with Gasteiger partial charge in [0, 0.05) is 5.56 Å². The van der Waals surface area contributed by atoms with Crippen LogP contribution in [0.4, 0.5) is 0 Å². The van der Waals surface area contributed by atoms with E-state index in [9.17, 15) is 15.0 Å². The molecule has 0 saturated carbocycles. The Kier molecular flexibility index (Phi) is 3.45. The Bertz CT molecular complexity index is 409. The number of hydrogen-bond donors (Lipinski definition) is 3. The van der Waals surface area contributed by atoms with Gasteiger partial charge >= 0.3 is 0 Å². The highest BCUT2D eigenvalue weighted by atomic mass is 16.3. The molecule has 0 aliphatic rings. The predicted molar refractivity (Wildman–Crippen MR) is 54.5 cm³/mol. The van der Waals surface area contributed by atoms with E-state index in [1.54, 1.807) is 18.2 Å². The number of carbonyl (C=O) groups is 1. The molecule has 0 saturated heterocycles. The maximum atomic E-state index is 10.7. The van der Waals surface area contributed by atoms with Gasteiger partial charge in [0.1, 0.15) is 6.10 Å². The summed E-state index contributed by atoms with van der Waals surface area (Å²) in [6, 6.07) is 6.48. The fourth-order valence-corrected chi connectivity index (χ4v) is 1.21. The minimum Gasteiger partial charge on any atom is -0.385 e. The molecular weight excluding hydrogens is 194 g/mol. The fourth-order valence-electron chi connectivity index (χ4n) is 1.21. The fraction of sp³-hybridized carbons (Fsp3) is 0.182. The van der Waals surface area contributed by atoms with Crippen molar-refractivity contribution in [2.45, 2.75) is 12.2 Å². The average Bonchev–Trinajstić information content (AvgIpc) is 2.26. The summed E-state index contributed by atoms with van der Waals surface area (Å²) in [6.07, 6.45) is 2.16. The van der Waals surface area contributed by atoms with E-state index >= 15 is 0 Å². The van der Waals surface area contributed by atoms with Gasteiger partial charge in [-0.1, -0.05) is 24.1 Å². The van der Waals surface area contributed by atoms with Crippen molar-refractivity contribution in [3.8, 4) is 12.3 Å². The second-order valence-corrected chi connectivity index (χ2v) is 3.02. The number of aliphatic hydroxyl groups excluding tert-OH is 2. The molecule has 1 aromatic carbocycles. The van der Waals surface area contributed by atoms with Gasteiger partial charge in [0.2, 0.25) is 5.91 Å². The Morgan fingerprint density at radius 1 is 1.40 bits per heavy atom. The van der Waals surface area contributed by atoms with Crippen LogP contribution in [-0.2, 0) is 4.79 Å². The van der Waals surface area contributed by atoms with Crippen molar-refractivity contribution in [2.75, 3.05) is 0 Å². The van der Waals surface area contributed by atoms with Crippen molar-refractivity contribution >= 4 is 5.91 Å². The van der Waals surface area contributed by atoms with E-state index in [4.69, 9.17) is 12.2 Å². The number of benzene rings is 1. The Balaban J connectivity index is 3.06. The van der Waals surface area contributed by atoms with E-state index in [2.05, 4.69) is 5.92 Å². The second kappa shape index (κ2) is 4.60. The zero-order chi connectivity index (χ0) is 11.4. The van der Waals surface area contributed by atoms with E-state index in [0.717, 1.165) is 0 Å². The molecule has 1 aromatic rings. The molecule has 2 unspecified atom stereocenters. The first-order valence-electron chi connectivity index (χ1n) is 4.29. The summed E-state index contributed by atoms with van der Waals surface area (Å²) in [6.45, 7) is 0. The molecule has 0 heterocycles. The van der Waals surface area contributed by atoms with Gasteiger partial charge in [0.25, 0.3) is 0 Å². The first-order valence-corrected chi connectivity index (χ1v) is 4.29. The van der Waals surface area contributed by atoms with Gasteiger partial charge in [0.15, 0.2) is 6.10 Å². The molecule has 78 valence electrons. The van der Waals surface area contributed by atoms with E-state index in [1.165, 1.54) is 6.07 Å². The van der Waals surface area contributed by atoms with E-state index in [1.807, 2.05) is 0 Å². The van der Waals surface area contributed by atoms with Gasteiger partial charge in [-0.25, -0.2) is 0 Å². The molecule has 0 fully saturated rings. The lowest BCUT2D eigenvalue weighted by Gasteiger charge is -2.16. The Hall–Kier alpha value is -1.83. The van der Waals surface area contributed by atoms with Crippen LogP contribution >= 0.6 is 0 Å². The first kappa shape index (κ1) is 11.2. The van der Waals surface area contributed by atoms with Crippen molar-refractivity contribution in [3.63, 3.8) is 0 Å². The molecule has 2 atom stereocenters. The van der Waals surface area contributed by atoms with Crippen LogP contribution in [-0.4, -0.2) is 22.2 Å². The van der Waals surface area contributed by atoms with Crippen LogP contribution in [0.5, 0.6) is 0 Å². The van der Waals surface area contributed by atoms with Crippen LogP contribution in [0, 0.1) is 12.3 Å². The largest absolute Gasteiger partial charge is 0.385 e. The lowest BCUT2D eigenvalue weighted by molar-refractivity contribution is -0.131. The number of rotatable bonds is 3. The number of hydrogen-bond acceptors (Lipinski definition) is 3. The quantitative estimate of drug-likeness (QED) is 0.584. The number of terminal acetylenes is 1. The number of amides is 1. The molecule has 0 bridgehead atoms. The summed E-state index contributed by atoms with van der Waals surface area (Å²) in [7, 11) is 0. The Morgan fingerprint density at radius 3 is 2.53 bits per heavy atom. The summed E-state index contributed by atoms with van der Waals surface area (Å²) < 4.78 is 0. The maximum Gasteiger partial charge on any atom is 0.249 e. The summed E-state index contributed by atoms with van der Waals surface area (Å²) >= 11 is 0. The van der Waals surface area contributed by atoms with Gasteiger partial charge in [-0.2, -0.15) is 0 Å². The van der Waals surface area contributed by atoms with E-state index in [-0.39, 0.29) is 0 Å². The third-order valence-electron chi connectivity index (χ3n) is 2.03. The van der Waals surface area contributed by atoms with Crippen molar-refractivity contribution in [2.24, 2.45) is 5.73 Å². The SMILES string of the molecule is C#Cc1ccccc1C(O)C(O)C(N)=O. The molecule has 4 N–H and O–H groups in total. The van der Waals surface area contributed by atoms with Crippen LogP contribution in [0.15, 0.2) is 24.3 Å². The third kappa shape index (κ3) is 2.34. The highest BCUT2D eigenvalue weighted by Crippen LogP contribution is 2.20. The lowest BCUT2D eigenvalue weighted by Crippen LogP contribution is -2.34. The lowest BCUT2D eigenvalue weighted by atomic mass is 9.99. The van der Waals surface area contributed by atoms with Gasteiger partial charge < -0.3 is 15.9 Å². The normalized spacial score (nSPS) is 13.9. The maximum absolute atomic E-state index is 10.7. The molecule has 4 heteroatoms. The topological polar surface area (TPSA) is 83.6 Å². The molecule has 0 radical (unpaired) electrons. The third-order valence-corrected chi connectivity index (χ3v) is 2.03. The number of aliphatic hydroxyl groups is 2. The molecule has 0 aliphatic carbocycles. The minimum atomic E-state index is -1.65. The zero-order valence-corrected chi connectivity index (χ0v) is 7.92. The highest BCUT2D eigenvalue weighted by molar-refractivity contribution is 5.79. The van der Waals surface area contributed by atoms with Crippen molar-refractivity contribution in [1.82, 2.24) is 0 Å². The van der Waals surface area contributed by atoms with Gasteiger partial charge in [-0.3, -0.25) is 4.79 Å². The number of nitrogens with two attached hydrogens (primary N) is 1. The average molecular weight is 205 g/mol.